The summed E-state index contributed by atoms with van der Waals surface area (Å²) in [5.74, 6) is -0.0455. The molecule has 0 radical (unpaired) electrons. The van der Waals surface area contributed by atoms with Gasteiger partial charge in [0.25, 0.3) is 0 Å². The highest BCUT2D eigenvalue weighted by molar-refractivity contribution is 7.30. The average Bonchev–Trinajstić information content (AvgIpc) is 2.62. The molecule has 0 aromatic rings. The molecule has 0 aliphatic rings. The van der Waals surface area contributed by atoms with Gasteiger partial charge in [0.1, 0.15) is 6.61 Å². The molecule has 1 N–H and O–H groups in total. The zero-order valence-corrected chi connectivity index (χ0v) is 16.9. The first-order chi connectivity index (χ1) is 12.7. The third-order valence-corrected chi connectivity index (χ3v) is 4.07. The van der Waals surface area contributed by atoms with Gasteiger partial charge in [-0.25, -0.2) is 0 Å². The standard InChI is InChI=1S/C20H34NO4P/c1-2-3-4-5-6-7-8-9-10-11-12-13-14-15-16-17-20(22)21-18-19-25-26(23)24/h3-4,6-7,9-10H,2,5,8,11-19H2,1H3,(H,21,22)/b4-3-,7-6-,10-9-. The molecule has 1 atom stereocenters. The normalized spacial score (nSPS) is 12.5. The van der Waals surface area contributed by atoms with E-state index in [1.165, 1.54) is 12.8 Å². The highest BCUT2D eigenvalue weighted by atomic mass is 31.1. The van der Waals surface area contributed by atoms with E-state index in [0.29, 0.717) is 6.42 Å². The summed E-state index contributed by atoms with van der Waals surface area (Å²) in [4.78, 5) is 21.7. The molecule has 0 saturated heterocycles. The summed E-state index contributed by atoms with van der Waals surface area (Å²) >= 11 is 0. The van der Waals surface area contributed by atoms with E-state index >= 15 is 0 Å². The Bertz CT molecular complexity index is 447. The van der Waals surface area contributed by atoms with Crippen LogP contribution in [0.5, 0.6) is 0 Å². The van der Waals surface area contributed by atoms with Crippen molar-refractivity contribution < 1.29 is 18.8 Å². The van der Waals surface area contributed by atoms with E-state index < -0.39 is 8.25 Å². The van der Waals surface area contributed by atoms with Crippen LogP contribution in [0, 0.1) is 0 Å². The summed E-state index contributed by atoms with van der Waals surface area (Å²) in [5.41, 5.74) is 0. The number of carbonyl (C=O) groups is 1. The number of allylic oxidation sites excluding steroid dienone is 6. The first-order valence-corrected chi connectivity index (χ1v) is 10.7. The molecule has 0 spiro atoms. The molecule has 0 aromatic carbocycles. The molecule has 0 aliphatic carbocycles. The van der Waals surface area contributed by atoms with E-state index in [9.17, 15) is 14.3 Å². The maximum absolute atomic E-state index is 11.5. The zero-order valence-electron chi connectivity index (χ0n) is 16.0. The van der Waals surface area contributed by atoms with Crippen LogP contribution in [-0.4, -0.2) is 19.1 Å². The Morgan fingerprint density at radius 2 is 1.58 bits per heavy atom. The molecule has 26 heavy (non-hydrogen) atoms. The van der Waals surface area contributed by atoms with Gasteiger partial charge >= 0.3 is 8.25 Å². The third-order valence-electron chi connectivity index (χ3n) is 3.68. The van der Waals surface area contributed by atoms with Crippen LogP contribution in [0.4, 0.5) is 0 Å². The Morgan fingerprint density at radius 1 is 0.962 bits per heavy atom. The van der Waals surface area contributed by atoms with Gasteiger partial charge in [-0.05, 0) is 43.1 Å². The quantitative estimate of drug-likeness (QED) is 0.224. The highest BCUT2D eigenvalue weighted by Gasteiger charge is 2.03. The lowest BCUT2D eigenvalue weighted by molar-refractivity contribution is -0.185. The molecule has 0 heterocycles. The smallest absolute Gasteiger partial charge is 0.488 e. The Morgan fingerprint density at radius 3 is 2.27 bits per heavy atom. The van der Waals surface area contributed by atoms with Crippen molar-refractivity contribution in [3.8, 4) is 0 Å². The molecule has 1 unspecified atom stereocenters. The number of hydrogen-bond acceptors (Lipinski definition) is 4. The van der Waals surface area contributed by atoms with E-state index in [1.54, 1.807) is 0 Å². The largest absolute Gasteiger partial charge is 0.566 e. The van der Waals surface area contributed by atoms with Crippen molar-refractivity contribution in [2.45, 2.75) is 71.1 Å². The second-order valence-corrected chi connectivity index (χ2v) is 6.71. The number of unbranched alkanes of at least 4 members (excludes halogenated alkanes) is 5. The summed E-state index contributed by atoms with van der Waals surface area (Å²) in [7, 11) is -2.82. The van der Waals surface area contributed by atoms with Gasteiger partial charge in [-0.3, -0.25) is 4.79 Å². The first-order valence-electron chi connectivity index (χ1n) is 9.65. The van der Waals surface area contributed by atoms with Crippen LogP contribution in [0.25, 0.3) is 0 Å². The summed E-state index contributed by atoms with van der Waals surface area (Å²) in [6, 6.07) is 0. The van der Waals surface area contributed by atoms with E-state index in [1.807, 2.05) is 0 Å². The molecule has 0 aromatic heterocycles. The van der Waals surface area contributed by atoms with Crippen LogP contribution in [-0.2, 0) is 13.9 Å². The van der Waals surface area contributed by atoms with Gasteiger partial charge in [-0.1, -0.05) is 62.6 Å². The SMILES string of the molecule is CC/C=C\C/C=C\C/C=C\CCCCCCCC(=O)NCCO[P+](=O)[O-]. The van der Waals surface area contributed by atoms with Crippen molar-refractivity contribution >= 4 is 14.2 Å². The Labute approximate surface area is 159 Å². The molecule has 0 fully saturated rings. The second-order valence-electron chi connectivity index (χ2n) is 6.01. The monoisotopic (exact) mass is 383 g/mol. The van der Waals surface area contributed by atoms with Crippen LogP contribution < -0.4 is 10.2 Å². The number of nitrogens with one attached hydrogen (secondary N) is 1. The van der Waals surface area contributed by atoms with Crippen LogP contribution >= 0.6 is 8.25 Å². The number of carbonyl (C=O) groups excluding carboxylic acids is 1. The average molecular weight is 383 g/mol. The Balaban J connectivity index is 3.32. The van der Waals surface area contributed by atoms with Gasteiger partial charge in [-0.15, -0.1) is 4.52 Å². The van der Waals surface area contributed by atoms with Gasteiger partial charge in [0.2, 0.25) is 5.91 Å². The molecule has 0 bridgehead atoms. The van der Waals surface area contributed by atoms with Crippen LogP contribution in [0.2, 0.25) is 0 Å². The maximum atomic E-state index is 11.5. The number of rotatable bonds is 17. The van der Waals surface area contributed by atoms with E-state index in [-0.39, 0.29) is 19.1 Å². The van der Waals surface area contributed by atoms with Gasteiger partial charge < -0.3 is 10.2 Å². The minimum Gasteiger partial charge on any atom is -0.566 e. The lowest BCUT2D eigenvalue weighted by Crippen LogP contribution is -2.26. The second kappa shape index (κ2) is 20.0. The summed E-state index contributed by atoms with van der Waals surface area (Å²) in [6.45, 7) is 2.38. The lowest BCUT2D eigenvalue weighted by atomic mass is 10.1. The fourth-order valence-corrected chi connectivity index (χ4v) is 2.54. The van der Waals surface area contributed by atoms with Crippen LogP contribution in [0.15, 0.2) is 36.5 Å². The third kappa shape index (κ3) is 20.8. The molecule has 148 valence electrons. The molecule has 0 aliphatic heterocycles. The van der Waals surface area contributed by atoms with Gasteiger partial charge in [-0.2, -0.15) is 0 Å². The topological polar surface area (TPSA) is 78.5 Å². The Hall–Kier alpha value is -1.29. The molecule has 5 nitrogen and oxygen atoms in total. The minimum atomic E-state index is -2.82. The summed E-state index contributed by atoms with van der Waals surface area (Å²) in [5, 5.41) is 2.64. The van der Waals surface area contributed by atoms with Crippen molar-refractivity contribution in [1.29, 1.82) is 0 Å². The van der Waals surface area contributed by atoms with Crippen molar-refractivity contribution in [2.75, 3.05) is 13.2 Å². The number of hydrogen-bond donors (Lipinski definition) is 1. The minimum absolute atomic E-state index is 0.00363. The van der Waals surface area contributed by atoms with Crippen LogP contribution in [0.3, 0.4) is 0 Å². The van der Waals surface area contributed by atoms with E-state index in [4.69, 9.17) is 0 Å². The van der Waals surface area contributed by atoms with E-state index in [0.717, 1.165) is 44.9 Å². The fraction of sp³-hybridized carbons (Fsp3) is 0.650. The lowest BCUT2D eigenvalue weighted by Gasteiger charge is -2.03. The summed E-state index contributed by atoms with van der Waals surface area (Å²) in [6.07, 6.45) is 23.4. The zero-order chi connectivity index (χ0) is 19.3. The molecular weight excluding hydrogens is 349 g/mol. The highest BCUT2D eigenvalue weighted by Crippen LogP contribution is 2.08. The predicted molar refractivity (Wildman–Crippen MR) is 106 cm³/mol. The van der Waals surface area contributed by atoms with Gasteiger partial charge in [0.15, 0.2) is 0 Å². The number of amides is 1. The summed E-state index contributed by atoms with van der Waals surface area (Å²) < 4.78 is 14.5. The van der Waals surface area contributed by atoms with Gasteiger partial charge in [0.05, 0.1) is 0 Å². The fourth-order valence-electron chi connectivity index (χ4n) is 2.30. The van der Waals surface area contributed by atoms with Crippen molar-refractivity contribution in [1.82, 2.24) is 5.32 Å². The van der Waals surface area contributed by atoms with Crippen molar-refractivity contribution in [2.24, 2.45) is 0 Å². The first kappa shape index (κ1) is 24.7. The molecule has 0 rings (SSSR count). The van der Waals surface area contributed by atoms with Gasteiger partial charge in [0, 0.05) is 13.0 Å². The Kier molecular flexibility index (Phi) is 19.0. The molecule has 0 saturated carbocycles. The van der Waals surface area contributed by atoms with Crippen molar-refractivity contribution in [3.05, 3.63) is 36.5 Å². The molecular formula is C20H34NO4P. The molecule has 1 amide bonds. The van der Waals surface area contributed by atoms with Crippen molar-refractivity contribution in [3.63, 3.8) is 0 Å². The van der Waals surface area contributed by atoms with Crippen LogP contribution in [0.1, 0.15) is 71.1 Å². The molecule has 6 heteroatoms. The predicted octanol–water partition coefficient (Wildman–Crippen LogP) is 4.73. The maximum Gasteiger partial charge on any atom is 0.488 e. The van der Waals surface area contributed by atoms with E-state index in [2.05, 4.69) is 53.2 Å².